The summed E-state index contributed by atoms with van der Waals surface area (Å²) in [5.41, 5.74) is 0.351. The van der Waals surface area contributed by atoms with Crippen molar-refractivity contribution in [3.05, 3.63) is 66.7 Å². The lowest BCUT2D eigenvalue weighted by molar-refractivity contribution is -0.118. The molecule has 0 fully saturated rings. The summed E-state index contributed by atoms with van der Waals surface area (Å²) in [7, 11) is 1.52. The number of aromatic nitrogens is 2. The lowest BCUT2D eigenvalue weighted by atomic mass is 10.3. The van der Waals surface area contributed by atoms with Gasteiger partial charge in [-0.2, -0.15) is 0 Å². The number of amides is 1. The van der Waals surface area contributed by atoms with E-state index in [0.29, 0.717) is 17.2 Å². The minimum Gasteiger partial charge on any atom is -0.493 e. The number of para-hydroxylation sites is 3. The predicted molar refractivity (Wildman–Crippen MR) is 95.6 cm³/mol. The van der Waals surface area contributed by atoms with Gasteiger partial charge in [0.2, 0.25) is 0 Å². The third-order valence-electron chi connectivity index (χ3n) is 3.38. The molecule has 0 spiro atoms. The third kappa shape index (κ3) is 4.91. The molecule has 0 aliphatic rings. The Morgan fingerprint density at radius 2 is 1.63 bits per heavy atom. The summed E-state index contributed by atoms with van der Waals surface area (Å²) in [6, 6.07) is 12.9. The SMILES string of the molecule is COc1ccccc1OCC(=O)Nc1cnc(Oc2ccccc2F)nc1. The fraction of sp³-hybridized carbons (Fsp3) is 0.105. The summed E-state index contributed by atoms with van der Waals surface area (Å²) < 4.78 is 29.4. The topological polar surface area (TPSA) is 82.6 Å². The molecule has 3 aromatic rings. The summed E-state index contributed by atoms with van der Waals surface area (Å²) >= 11 is 0. The molecular formula is C19H16FN3O4. The lowest BCUT2D eigenvalue weighted by Crippen LogP contribution is -2.20. The Kier molecular flexibility index (Phi) is 5.78. The molecular weight excluding hydrogens is 353 g/mol. The Morgan fingerprint density at radius 3 is 2.30 bits per heavy atom. The molecule has 3 rings (SSSR count). The van der Waals surface area contributed by atoms with Crippen molar-refractivity contribution in [1.29, 1.82) is 0 Å². The smallest absolute Gasteiger partial charge is 0.322 e. The normalized spacial score (nSPS) is 10.1. The van der Waals surface area contributed by atoms with Crippen LogP contribution in [0.2, 0.25) is 0 Å². The zero-order valence-corrected chi connectivity index (χ0v) is 14.4. The maximum Gasteiger partial charge on any atom is 0.322 e. The van der Waals surface area contributed by atoms with Crippen LogP contribution in [0.25, 0.3) is 0 Å². The molecule has 0 aliphatic heterocycles. The van der Waals surface area contributed by atoms with Gasteiger partial charge in [-0.05, 0) is 24.3 Å². The van der Waals surface area contributed by atoms with Gasteiger partial charge in [-0.3, -0.25) is 4.79 Å². The van der Waals surface area contributed by atoms with E-state index >= 15 is 0 Å². The van der Waals surface area contributed by atoms with Crippen LogP contribution in [0.3, 0.4) is 0 Å². The number of methoxy groups -OCH3 is 1. The van der Waals surface area contributed by atoms with Crippen LogP contribution in [0, 0.1) is 5.82 Å². The first-order valence-electron chi connectivity index (χ1n) is 7.96. The van der Waals surface area contributed by atoms with Gasteiger partial charge in [0.25, 0.3) is 5.91 Å². The van der Waals surface area contributed by atoms with Gasteiger partial charge in [-0.25, -0.2) is 14.4 Å². The highest BCUT2D eigenvalue weighted by molar-refractivity contribution is 5.91. The van der Waals surface area contributed by atoms with E-state index in [9.17, 15) is 9.18 Å². The highest BCUT2D eigenvalue weighted by Crippen LogP contribution is 2.25. The first kappa shape index (κ1) is 18.1. The second-order valence-electron chi connectivity index (χ2n) is 5.27. The lowest BCUT2D eigenvalue weighted by Gasteiger charge is -2.10. The summed E-state index contributed by atoms with van der Waals surface area (Å²) in [5.74, 6) is 0.0852. The van der Waals surface area contributed by atoms with E-state index in [0.717, 1.165) is 0 Å². The molecule has 138 valence electrons. The van der Waals surface area contributed by atoms with Crippen molar-refractivity contribution >= 4 is 11.6 Å². The molecule has 1 aromatic heterocycles. The van der Waals surface area contributed by atoms with Crippen LogP contribution in [0.1, 0.15) is 0 Å². The standard InChI is InChI=1S/C19H16FN3O4/c1-25-16-8-4-5-9-17(16)26-12-18(24)23-13-10-21-19(22-11-13)27-15-7-3-2-6-14(15)20/h2-11H,12H2,1H3,(H,23,24). The number of carbonyl (C=O) groups is 1. The highest BCUT2D eigenvalue weighted by atomic mass is 19.1. The van der Waals surface area contributed by atoms with Crippen molar-refractivity contribution in [2.75, 3.05) is 19.0 Å². The number of rotatable bonds is 7. The van der Waals surface area contributed by atoms with Crippen molar-refractivity contribution < 1.29 is 23.4 Å². The average molecular weight is 369 g/mol. The Bertz CT molecular complexity index is 919. The molecule has 27 heavy (non-hydrogen) atoms. The molecule has 2 aromatic carbocycles. The van der Waals surface area contributed by atoms with Crippen molar-refractivity contribution in [2.24, 2.45) is 0 Å². The summed E-state index contributed by atoms with van der Waals surface area (Å²) in [6.45, 7) is -0.214. The fourth-order valence-corrected chi connectivity index (χ4v) is 2.14. The van der Waals surface area contributed by atoms with E-state index in [1.54, 1.807) is 36.4 Å². The van der Waals surface area contributed by atoms with E-state index in [1.807, 2.05) is 0 Å². The maximum atomic E-state index is 13.5. The van der Waals surface area contributed by atoms with Gasteiger partial charge in [0.15, 0.2) is 29.7 Å². The van der Waals surface area contributed by atoms with Crippen LogP contribution in [0.4, 0.5) is 10.1 Å². The Labute approximate surface area is 154 Å². The van der Waals surface area contributed by atoms with Gasteiger partial charge in [0, 0.05) is 0 Å². The monoisotopic (exact) mass is 369 g/mol. The van der Waals surface area contributed by atoms with Gasteiger partial charge < -0.3 is 19.5 Å². The second-order valence-corrected chi connectivity index (χ2v) is 5.27. The number of nitrogens with zero attached hydrogens (tertiary/aromatic N) is 2. The van der Waals surface area contributed by atoms with E-state index in [4.69, 9.17) is 14.2 Å². The van der Waals surface area contributed by atoms with Crippen LogP contribution < -0.4 is 19.5 Å². The molecule has 1 heterocycles. The number of nitrogens with one attached hydrogen (secondary N) is 1. The molecule has 8 heteroatoms. The average Bonchev–Trinajstić information content (AvgIpc) is 2.70. The molecule has 0 saturated heterocycles. The molecule has 0 radical (unpaired) electrons. The first-order chi connectivity index (χ1) is 13.2. The van der Waals surface area contributed by atoms with Crippen LogP contribution in [0.5, 0.6) is 23.3 Å². The summed E-state index contributed by atoms with van der Waals surface area (Å²) in [5, 5.41) is 2.59. The number of ether oxygens (including phenoxy) is 3. The second kappa shape index (κ2) is 8.61. The van der Waals surface area contributed by atoms with Crippen molar-refractivity contribution in [3.8, 4) is 23.3 Å². The van der Waals surface area contributed by atoms with Gasteiger partial charge in [0.1, 0.15) is 0 Å². The molecule has 0 aliphatic carbocycles. The number of benzene rings is 2. The largest absolute Gasteiger partial charge is 0.493 e. The van der Waals surface area contributed by atoms with Crippen molar-refractivity contribution in [1.82, 2.24) is 9.97 Å². The molecule has 0 bridgehead atoms. The molecule has 0 saturated carbocycles. The molecule has 1 N–H and O–H groups in total. The number of carbonyl (C=O) groups excluding carboxylic acids is 1. The van der Waals surface area contributed by atoms with Gasteiger partial charge in [0.05, 0.1) is 25.2 Å². The van der Waals surface area contributed by atoms with E-state index < -0.39 is 11.7 Å². The minimum atomic E-state index is -0.521. The molecule has 7 nitrogen and oxygen atoms in total. The first-order valence-corrected chi connectivity index (χ1v) is 7.96. The van der Waals surface area contributed by atoms with Crippen molar-refractivity contribution in [2.45, 2.75) is 0 Å². The number of halogens is 1. The van der Waals surface area contributed by atoms with Crippen LogP contribution >= 0.6 is 0 Å². The van der Waals surface area contributed by atoms with E-state index in [-0.39, 0.29) is 18.4 Å². The van der Waals surface area contributed by atoms with Gasteiger partial charge in [-0.1, -0.05) is 24.3 Å². The van der Waals surface area contributed by atoms with Crippen LogP contribution in [0.15, 0.2) is 60.9 Å². The fourth-order valence-electron chi connectivity index (χ4n) is 2.14. The quantitative estimate of drug-likeness (QED) is 0.687. The summed E-state index contributed by atoms with van der Waals surface area (Å²) in [6.07, 6.45) is 2.70. The van der Waals surface area contributed by atoms with E-state index in [2.05, 4.69) is 15.3 Å². The molecule has 1 amide bonds. The van der Waals surface area contributed by atoms with Crippen LogP contribution in [-0.2, 0) is 4.79 Å². The van der Waals surface area contributed by atoms with Gasteiger partial charge in [-0.15, -0.1) is 0 Å². The molecule has 0 unspecified atom stereocenters. The Hall–Kier alpha value is -3.68. The third-order valence-corrected chi connectivity index (χ3v) is 3.38. The highest BCUT2D eigenvalue weighted by Gasteiger charge is 2.09. The Morgan fingerprint density at radius 1 is 1.00 bits per heavy atom. The number of hydrogen-bond acceptors (Lipinski definition) is 6. The van der Waals surface area contributed by atoms with Crippen molar-refractivity contribution in [3.63, 3.8) is 0 Å². The molecule has 0 atom stereocenters. The van der Waals surface area contributed by atoms with Gasteiger partial charge >= 0.3 is 6.01 Å². The van der Waals surface area contributed by atoms with E-state index in [1.165, 1.54) is 31.6 Å². The maximum absolute atomic E-state index is 13.5. The number of hydrogen-bond donors (Lipinski definition) is 1. The zero-order chi connectivity index (χ0) is 19.1. The van der Waals surface area contributed by atoms with Crippen LogP contribution in [-0.4, -0.2) is 29.6 Å². The predicted octanol–water partition coefficient (Wildman–Crippen LogP) is 3.43. The number of anilines is 1. The Balaban J connectivity index is 1.55. The summed E-state index contributed by atoms with van der Waals surface area (Å²) in [4.78, 5) is 19.9. The zero-order valence-electron chi connectivity index (χ0n) is 14.4. The minimum absolute atomic E-state index is 0.0134.